The lowest BCUT2D eigenvalue weighted by Gasteiger charge is -2.28. The number of Topliss-reactive ketones (excluding diaryl/α,β-unsaturated/α-hetero) is 1. The molecule has 0 radical (unpaired) electrons. The van der Waals surface area contributed by atoms with Gasteiger partial charge in [-0.15, -0.1) is 0 Å². The molecule has 18 heavy (non-hydrogen) atoms. The van der Waals surface area contributed by atoms with E-state index in [1.165, 1.54) is 6.42 Å². The van der Waals surface area contributed by atoms with Crippen LogP contribution in [0.4, 0.5) is 0 Å². The van der Waals surface area contributed by atoms with Crippen LogP contribution in [0.2, 0.25) is 0 Å². The van der Waals surface area contributed by atoms with Gasteiger partial charge in [-0.3, -0.25) is 9.69 Å². The van der Waals surface area contributed by atoms with Gasteiger partial charge in [0, 0.05) is 43.6 Å². The van der Waals surface area contributed by atoms with Gasteiger partial charge < -0.3 is 5.32 Å². The smallest absolute Gasteiger partial charge is 0.132 e. The first-order chi connectivity index (χ1) is 8.43. The third-order valence-electron chi connectivity index (χ3n) is 3.84. The molecule has 1 rings (SSSR count). The summed E-state index contributed by atoms with van der Waals surface area (Å²) in [4.78, 5) is 14.0. The Morgan fingerprint density at radius 2 is 2.00 bits per heavy atom. The van der Waals surface area contributed by atoms with Crippen LogP contribution in [0.3, 0.4) is 0 Å². The van der Waals surface area contributed by atoms with Crippen LogP contribution in [0.1, 0.15) is 60.3 Å². The molecule has 1 aliphatic rings. The summed E-state index contributed by atoms with van der Waals surface area (Å²) in [6.45, 7) is 12.0. The Bertz CT molecular complexity index is 263. The minimum atomic E-state index is 0.402. The topological polar surface area (TPSA) is 32.3 Å². The number of nitrogens with zero attached hydrogens (tertiary/aromatic N) is 1. The first-order valence-electron chi connectivity index (χ1n) is 7.47. The number of hydrogen-bond donors (Lipinski definition) is 1. The number of nitrogens with one attached hydrogen (secondary N) is 1. The van der Waals surface area contributed by atoms with Gasteiger partial charge in [-0.05, 0) is 26.7 Å². The van der Waals surface area contributed by atoms with Crippen molar-refractivity contribution >= 4 is 5.78 Å². The van der Waals surface area contributed by atoms with E-state index >= 15 is 0 Å². The first kappa shape index (κ1) is 15.6. The molecule has 0 amide bonds. The molecule has 0 aliphatic carbocycles. The lowest BCUT2D eigenvalue weighted by atomic mass is 10.0. The summed E-state index contributed by atoms with van der Waals surface area (Å²) in [6.07, 6.45) is 3.65. The van der Waals surface area contributed by atoms with Crippen LogP contribution in [-0.4, -0.2) is 41.4 Å². The van der Waals surface area contributed by atoms with Crippen molar-refractivity contribution in [2.24, 2.45) is 0 Å². The van der Waals surface area contributed by atoms with Crippen molar-refractivity contribution in [3.8, 4) is 0 Å². The Morgan fingerprint density at radius 3 is 2.50 bits per heavy atom. The molecule has 0 unspecified atom stereocenters. The maximum atomic E-state index is 11.5. The molecule has 106 valence electrons. The second-order valence-corrected chi connectivity index (χ2v) is 6.13. The predicted molar refractivity (Wildman–Crippen MR) is 76.8 cm³/mol. The van der Waals surface area contributed by atoms with E-state index in [-0.39, 0.29) is 0 Å². The fraction of sp³-hybridized carbons (Fsp3) is 0.933. The van der Waals surface area contributed by atoms with Gasteiger partial charge in [-0.2, -0.15) is 0 Å². The summed E-state index contributed by atoms with van der Waals surface area (Å²) < 4.78 is 0. The molecule has 0 aromatic rings. The van der Waals surface area contributed by atoms with Gasteiger partial charge in [0.25, 0.3) is 0 Å². The molecule has 1 aliphatic heterocycles. The summed E-state index contributed by atoms with van der Waals surface area (Å²) in [6, 6.07) is 2.29. The van der Waals surface area contributed by atoms with Gasteiger partial charge in [0.2, 0.25) is 0 Å². The molecular weight excluding hydrogens is 224 g/mol. The second kappa shape index (κ2) is 7.25. The van der Waals surface area contributed by atoms with Crippen molar-refractivity contribution < 1.29 is 4.79 Å². The average molecular weight is 254 g/mol. The van der Waals surface area contributed by atoms with Crippen LogP contribution in [0, 0.1) is 0 Å². The Morgan fingerprint density at radius 1 is 1.33 bits per heavy atom. The quantitative estimate of drug-likeness (QED) is 0.758. The lowest BCUT2D eigenvalue weighted by molar-refractivity contribution is -0.119. The molecule has 0 spiro atoms. The lowest BCUT2D eigenvalue weighted by Crippen LogP contribution is -2.39. The fourth-order valence-electron chi connectivity index (χ4n) is 2.95. The average Bonchev–Trinajstić information content (AvgIpc) is 2.68. The van der Waals surface area contributed by atoms with Crippen molar-refractivity contribution in [2.75, 3.05) is 6.54 Å². The number of ketones is 1. The van der Waals surface area contributed by atoms with E-state index in [0.717, 1.165) is 19.4 Å². The third kappa shape index (κ3) is 4.69. The van der Waals surface area contributed by atoms with Gasteiger partial charge in [-0.25, -0.2) is 0 Å². The first-order valence-corrected chi connectivity index (χ1v) is 7.47. The van der Waals surface area contributed by atoms with Crippen molar-refractivity contribution in [3.63, 3.8) is 0 Å². The molecule has 0 saturated carbocycles. The highest BCUT2D eigenvalue weighted by atomic mass is 16.1. The molecule has 2 atom stereocenters. The number of rotatable bonds is 7. The van der Waals surface area contributed by atoms with E-state index in [9.17, 15) is 4.79 Å². The minimum Gasteiger partial charge on any atom is -0.310 e. The fourth-order valence-corrected chi connectivity index (χ4v) is 2.95. The maximum absolute atomic E-state index is 11.5. The third-order valence-corrected chi connectivity index (χ3v) is 3.84. The standard InChI is InChI=1S/C15H30N2O/c1-6-15(18)8-7-14-9-13(16-11(2)3)10-17(14)12(4)5/h11-14,16H,6-10H2,1-5H3/t13-,14+/m1/s1. The molecule has 1 fully saturated rings. The number of carbonyl (C=O) groups is 1. The summed E-state index contributed by atoms with van der Waals surface area (Å²) in [5.74, 6) is 0.402. The van der Waals surface area contributed by atoms with E-state index < -0.39 is 0 Å². The van der Waals surface area contributed by atoms with Crippen molar-refractivity contribution in [3.05, 3.63) is 0 Å². The molecule has 1 N–H and O–H groups in total. The SMILES string of the molecule is CCC(=O)CC[C@H]1C[C@@H](NC(C)C)CN1C(C)C. The van der Waals surface area contributed by atoms with Gasteiger partial charge >= 0.3 is 0 Å². The molecule has 3 nitrogen and oxygen atoms in total. The monoisotopic (exact) mass is 254 g/mol. The highest BCUT2D eigenvalue weighted by molar-refractivity contribution is 5.77. The second-order valence-electron chi connectivity index (χ2n) is 6.13. The normalized spacial score (nSPS) is 25.3. The van der Waals surface area contributed by atoms with Crippen LogP contribution in [0.25, 0.3) is 0 Å². The minimum absolute atomic E-state index is 0.402. The van der Waals surface area contributed by atoms with Crippen molar-refractivity contribution in [1.82, 2.24) is 10.2 Å². The summed E-state index contributed by atoms with van der Waals surface area (Å²) >= 11 is 0. The highest BCUT2D eigenvalue weighted by Crippen LogP contribution is 2.24. The van der Waals surface area contributed by atoms with E-state index in [4.69, 9.17) is 0 Å². The zero-order valence-corrected chi connectivity index (χ0v) is 12.7. The Kier molecular flexibility index (Phi) is 6.30. The van der Waals surface area contributed by atoms with Crippen LogP contribution < -0.4 is 5.32 Å². The molecule has 0 aromatic heterocycles. The number of likely N-dealkylation sites (tertiary alicyclic amines) is 1. The van der Waals surface area contributed by atoms with E-state index in [2.05, 4.69) is 37.9 Å². The van der Waals surface area contributed by atoms with Gasteiger partial charge in [0.05, 0.1) is 0 Å². The Hall–Kier alpha value is -0.410. The molecule has 0 bridgehead atoms. The van der Waals surface area contributed by atoms with E-state index in [1.54, 1.807) is 0 Å². The highest BCUT2D eigenvalue weighted by Gasteiger charge is 2.33. The maximum Gasteiger partial charge on any atom is 0.132 e. The van der Waals surface area contributed by atoms with Crippen molar-refractivity contribution in [1.29, 1.82) is 0 Å². The summed E-state index contributed by atoms with van der Waals surface area (Å²) in [5, 5.41) is 3.63. The van der Waals surface area contributed by atoms with Crippen molar-refractivity contribution in [2.45, 2.75) is 84.5 Å². The van der Waals surface area contributed by atoms with Gasteiger partial charge in [0.1, 0.15) is 5.78 Å². The van der Waals surface area contributed by atoms with E-state index in [0.29, 0.717) is 36.4 Å². The Balaban J connectivity index is 2.50. The molecule has 1 heterocycles. The molecule has 0 aromatic carbocycles. The van der Waals surface area contributed by atoms with Crippen LogP contribution >= 0.6 is 0 Å². The zero-order valence-electron chi connectivity index (χ0n) is 12.7. The Labute approximate surface area is 112 Å². The molecular formula is C15H30N2O. The van der Waals surface area contributed by atoms with E-state index in [1.807, 2.05) is 6.92 Å². The summed E-state index contributed by atoms with van der Waals surface area (Å²) in [7, 11) is 0. The largest absolute Gasteiger partial charge is 0.310 e. The van der Waals surface area contributed by atoms with Gasteiger partial charge in [-0.1, -0.05) is 20.8 Å². The number of carbonyl (C=O) groups excluding carboxylic acids is 1. The van der Waals surface area contributed by atoms with Gasteiger partial charge in [0.15, 0.2) is 0 Å². The number of hydrogen-bond acceptors (Lipinski definition) is 3. The van der Waals surface area contributed by atoms with Crippen LogP contribution in [0.15, 0.2) is 0 Å². The van der Waals surface area contributed by atoms with Crippen LogP contribution in [0.5, 0.6) is 0 Å². The summed E-state index contributed by atoms with van der Waals surface area (Å²) in [5.41, 5.74) is 0. The zero-order chi connectivity index (χ0) is 13.7. The predicted octanol–water partition coefficient (Wildman–Crippen LogP) is 2.60. The molecule has 1 saturated heterocycles. The molecule has 3 heteroatoms. The van der Waals surface area contributed by atoms with Crippen LogP contribution in [-0.2, 0) is 4.79 Å².